The largest absolute Gasteiger partial charge is 0.483 e. The maximum Gasteiger partial charge on any atom is 0.409 e. The first-order chi connectivity index (χ1) is 26.7. The SMILES string of the molecule is CCOC(=O)N1CCN(C(=O)C(CCC(=O)OCC(C)(C)N(C)C)NC(=O)c2cc(OCC(=O)N3CCCC3C(=O)NC3CCC3)c3ccc(C)cc3n2)CC1. The molecule has 1 aromatic carbocycles. The Morgan fingerprint density at radius 2 is 1.66 bits per heavy atom. The second kappa shape index (κ2) is 18.8. The molecule has 5 rings (SSSR count). The van der Waals surface area contributed by atoms with Crippen molar-refractivity contribution in [2.24, 2.45) is 0 Å². The highest BCUT2D eigenvalue weighted by atomic mass is 16.6. The fraction of sp³-hybridized carbons (Fsp3) is 0.625. The number of rotatable bonds is 15. The molecule has 2 unspecified atom stereocenters. The van der Waals surface area contributed by atoms with Gasteiger partial charge in [0.1, 0.15) is 30.1 Å². The van der Waals surface area contributed by atoms with Gasteiger partial charge in [-0.25, -0.2) is 9.78 Å². The van der Waals surface area contributed by atoms with E-state index in [4.69, 9.17) is 14.2 Å². The third kappa shape index (κ3) is 10.6. The van der Waals surface area contributed by atoms with Gasteiger partial charge in [0.2, 0.25) is 11.8 Å². The smallest absolute Gasteiger partial charge is 0.409 e. The summed E-state index contributed by atoms with van der Waals surface area (Å²) in [7, 11) is 3.77. The van der Waals surface area contributed by atoms with Crippen molar-refractivity contribution in [3.05, 3.63) is 35.5 Å². The highest BCUT2D eigenvalue weighted by Crippen LogP contribution is 2.28. The van der Waals surface area contributed by atoms with Gasteiger partial charge in [-0.1, -0.05) is 6.07 Å². The van der Waals surface area contributed by atoms with E-state index in [0.717, 1.165) is 24.8 Å². The molecular formula is C40H57N7O9. The van der Waals surface area contributed by atoms with Crippen molar-refractivity contribution in [1.29, 1.82) is 0 Å². The fourth-order valence-corrected chi connectivity index (χ4v) is 6.71. The van der Waals surface area contributed by atoms with E-state index < -0.39 is 41.5 Å². The summed E-state index contributed by atoms with van der Waals surface area (Å²) in [5, 5.41) is 6.43. The topological polar surface area (TPSA) is 180 Å². The van der Waals surface area contributed by atoms with E-state index in [-0.39, 0.29) is 88.1 Å². The first kappa shape index (κ1) is 42.2. The van der Waals surface area contributed by atoms with Crippen LogP contribution >= 0.6 is 0 Å². The lowest BCUT2D eigenvalue weighted by molar-refractivity contribution is -0.147. The zero-order valence-electron chi connectivity index (χ0n) is 33.6. The molecule has 2 saturated heterocycles. The maximum absolute atomic E-state index is 14.0. The number of piperazine rings is 1. The Hall–Kier alpha value is -4.99. The normalized spacial score (nSPS) is 18.0. The Kier molecular flexibility index (Phi) is 14.1. The van der Waals surface area contributed by atoms with Crippen LogP contribution in [0.1, 0.15) is 81.8 Å². The monoisotopic (exact) mass is 779 g/mol. The molecule has 56 heavy (non-hydrogen) atoms. The molecule has 1 aliphatic carbocycles. The lowest BCUT2D eigenvalue weighted by atomic mass is 9.93. The third-order valence-electron chi connectivity index (χ3n) is 11.0. The van der Waals surface area contributed by atoms with Gasteiger partial charge in [0, 0.05) is 62.2 Å². The number of hydrogen-bond donors (Lipinski definition) is 2. The lowest BCUT2D eigenvalue weighted by Crippen LogP contribution is -2.56. The molecular weight excluding hydrogens is 722 g/mol. The third-order valence-corrected chi connectivity index (χ3v) is 11.0. The molecule has 2 N–H and O–H groups in total. The number of likely N-dealkylation sites (N-methyl/N-ethyl adjacent to an activating group) is 1. The second-order valence-corrected chi connectivity index (χ2v) is 15.6. The van der Waals surface area contributed by atoms with Crippen LogP contribution in [0.5, 0.6) is 5.75 Å². The van der Waals surface area contributed by atoms with Crippen molar-refractivity contribution in [3.63, 3.8) is 0 Å². The number of hydrogen-bond acceptors (Lipinski definition) is 11. The van der Waals surface area contributed by atoms with Gasteiger partial charge in [-0.15, -0.1) is 0 Å². The van der Waals surface area contributed by atoms with Gasteiger partial charge in [0.15, 0.2) is 6.61 Å². The van der Waals surface area contributed by atoms with Gasteiger partial charge >= 0.3 is 12.1 Å². The molecule has 5 amide bonds. The molecule has 1 aromatic heterocycles. The van der Waals surface area contributed by atoms with E-state index in [2.05, 4.69) is 15.6 Å². The van der Waals surface area contributed by atoms with Crippen molar-refractivity contribution < 1.29 is 43.0 Å². The fourth-order valence-electron chi connectivity index (χ4n) is 6.71. The molecule has 0 radical (unpaired) electrons. The number of benzene rings is 1. The zero-order chi connectivity index (χ0) is 40.6. The summed E-state index contributed by atoms with van der Waals surface area (Å²) >= 11 is 0. The van der Waals surface area contributed by atoms with Crippen LogP contribution in [0.15, 0.2) is 24.3 Å². The van der Waals surface area contributed by atoms with Crippen LogP contribution in [-0.2, 0) is 28.7 Å². The number of pyridine rings is 1. The summed E-state index contributed by atoms with van der Waals surface area (Å²) in [4.78, 5) is 90.7. The lowest BCUT2D eigenvalue weighted by Gasteiger charge is -2.36. The standard InChI is InChI=1S/C40H57N7O9/c1-7-54-39(53)46-20-18-45(19-21-46)38(52)29(15-16-35(49)56-25-40(3,4)44(5)6)43-36(50)31-23-33(28-14-13-26(2)22-30(28)42-31)55-24-34(48)47-17-9-12-32(47)37(51)41-27-10-8-11-27/h13-14,22-23,27,29,32H,7-12,15-21,24-25H2,1-6H3,(H,41,51)(H,43,50). The summed E-state index contributed by atoms with van der Waals surface area (Å²) in [6, 6.07) is 5.39. The highest BCUT2D eigenvalue weighted by molar-refractivity contribution is 5.99. The van der Waals surface area contributed by atoms with Crippen molar-refractivity contribution in [3.8, 4) is 5.75 Å². The molecule has 0 spiro atoms. The summed E-state index contributed by atoms with van der Waals surface area (Å²) in [5.74, 6) is -1.84. The molecule has 0 bridgehead atoms. The molecule has 16 nitrogen and oxygen atoms in total. The Morgan fingerprint density at radius 1 is 0.946 bits per heavy atom. The minimum Gasteiger partial charge on any atom is -0.483 e. The Labute approximate surface area is 328 Å². The van der Waals surface area contributed by atoms with Gasteiger partial charge in [-0.2, -0.15) is 0 Å². The van der Waals surface area contributed by atoms with E-state index >= 15 is 0 Å². The van der Waals surface area contributed by atoms with E-state index in [1.165, 1.54) is 11.0 Å². The Bertz CT molecular complexity index is 1770. The van der Waals surface area contributed by atoms with Crippen LogP contribution in [0.3, 0.4) is 0 Å². The number of carbonyl (C=O) groups excluding carboxylic acids is 6. The highest BCUT2D eigenvalue weighted by Gasteiger charge is 2.36. The van der Waals surface area contributed by atoms with Crippen LogP contribution in [0, 0.1) is 6.92 Å². The van der Waals surface area contributed by atoms with E-state index in [9.17, 15) is 28.8 Å². The van der Waals surface area contributed by atoms with Gasteiger partial charge in [-0.05, 0) is 98.0 Å². The van der Waals surface area contributed by atoms with Gasteiger partial charge < -0.3 is 44.4 Å². The minimum absolute atomic E-state index is 0.0419. The molecule has 3 fully saturated rings. The van der Waals surface area contributed by atoms with Gasteiger partial charge in [-0.3, -0.25) is 24.0 Å². The average Bonchev–Trinajstić information content (AvgIpc) is 3.66. The van der Waals surface area contributed by atoms with E-state index in [0.29, 0.717) is 30.3 Å². The summed E-state index contributed by atoms with van der Waals surface area (Å²) in [6.07, 6.45) is 3.64. The zero-order valence-corrected chi connectivity index (χ0v) is 33.6. The maximum atomic E-state index is 14.0. The number of likely N-dealkylation sites (tertiary alicyclic amines) is 1. The molecule has 3 aliphatic rings. The van der Waals surface area contributed by atoms with Crippen LogP contribution < -0.4 is 15.4 Å². The number of ether oxygens (including phenoxy) is 3. The predicted molar refractivity (Wildman–Crippen MR) is 207 cm³/mol. The average molecular weight is 780 g/mol. The Balaban J connectivity index is 1.31. The molecule has 1 saturated carbocycles. The van der Waals surface area contributed by atoms with Gasteiger partial charge in [0.05, 0.1) is 12.1 Å². The molecule has 16 heteroatoms. The van der Waals surface area contributed by atoms with Crippen molar-refractivity contribution in [2.45, 2.75) is 96.3 Å². The van der Waals surface area contributed by atoms with E-state index in [1.807, 2.05) is 45.8 Å². The number of aryl methyl sites for hydroxylation is 1. The van der Waals surface area contributed by atoms with Crippen LogP contribution in [0.2, 0.25) is 0 Å². The number of nitrogens with one attached hydrogen (secondary N) is 2. The van der Waals surface area contributed by atoms with Crippen LogP contribution in [0.25, 0.3) is 10.9 Å². The first-order valence-electron chi connectivity index (χ1n) is 19.6. The van der Waals surface area contributed by atoms with Crippen LogP contribution in [-0.4, -0.2) is 151 Å². The number of aromatic nitrogens is 1. The molecule has 2 aliphatic heterocycles. The first-order valence-corrected chi connectivity index (χ1v) is 19.6. The number of carbonyl (C=O) groups is 6. The second-order valence-electron chi connectivity index (χ2n) is 15.6. The quantitative estimate of drug-likeness (QED) is 0.254. The molecule has 2 atom stereocenters. The van der Waals surface area contributed by atoms with E-state index in [1.54, 1.807) is 28.9 Å². The number of esters is 1. The summed E-state index contributed by atoms with van der Waals surface area (Å²) < 4.78 is 16.7. The minimum atomic E-state index is -1.12. The Morgan fingerprint density at radius 3 is 2.32 bits per heavy atom. The summed E-state index contributed by atoms with van der Waals surface area (Å²) in [6.45, 7) is 8.87. The molecule has 3 heterocycles. The van der Waals surface area contributed by atoms with Crippen LogP contribution in [0.4, 0.5) is 4.79 Å². The molecule has 2 aromatic rings. The number of fused-ring (bicyclic) bond motifs is 1. The van der Waals surface area contributed by atoms with Crippen molar-refractivity contribution in [1.82, 2.24) is 35.2 Å². The number of nitrogens with zero attached hydrogens (tertiary/aromatic N) is 5. The predicted octanol–water partition coefficient (Wildman–Crippen LogP) is 2.64. The molecule has 306 valence electrons. The van der Waals surface area contributed by atoms with Gasteiger partial charge in [0.25, 0.3) is 11.8 Å². The number of amides is 5. The summed E-state index contributed by atoms with van der Waals surface area (Å²) in [5.41, 5.74) is 0.865. The van der Waals surface area contributed by atoms with Crippen molar-refractivity contribution >= 4 is 46.6 Å². The van der Waals surface area contributed by atoms with Crippen molar-refractivity contribution in [2.75, 3.05) is 66.6 Å².